The van der Waals surface area contributed by atoms with Crippen molar-refractivity contribution < 1.29 is 4.79 Å². The van der Waals surface area contributed by atoms with E-state index < -0.39 is 0 Å². The van der Waals surface area contributed by atoms with E-state index in [1.165, 1.54) is 5.56 Å². The van der Waals surface area contributed by atoms with Crippen molar-refractivity contribution in [1.82, 2.24) is 4.90 Å². The largest absolute Gasteiger partial charge is 0.328 e. The third-order valence-electron chi connectivity index (χ3n) is 4.40. The number of carbonyl (C=O) groups excluding carboxylic acids is 1. The van der Waals surface area contributed by atoms with Crippen LogP contribution in [0.4, 0.5) is 5.69 Å². The Balaban J connectivity index is 0.00000161. The minimum Gasteiger partial charge on any atom is -0.328 e. The number of amides is 1. The third kappa shape index (κ3) is 3.76. The molecule has 0 spiro atoms. The number of likely N-dealkylation sites (tertiary alicyclic amines) is 1. The summed E-state index contributed by atoms with van der Waals surface area (Å²) in [7, 11) is 0. The highest BCUT2D eigenvalue weighted by atomic mass is 35.5. The van der Waals surface area contributed by atoms with Crippen LogP contribution in [-0.2, 0) is 11.2 Å². The Hall–Kier alpha value is -1.10. The zero-order valence-electron chi connectivity index (χ0n) is 12.3. The maximum absolute atomic E-state index is 12.6. The smallest absolute Gasteiger partial charge is 0.241 e. The van der Waals surface area contributed by atoms with Crippen LogP contribution < -0.4 is 10.6 Å². The van der Waals surface area contributed by atoms with Gasteiger partial charge in [0.15, 0.2) is 0 Å². The molecule has 2 N–H and O–H groups in total. The second kappa shape index (κ2) is 7.25. The van der Waals surface area contributed by atoms with Gasteiger partial charge in [-0.05, 0) is 37.3 Å². The Morgan fingerprint density at radius 1 is 1.19 bits per heavy atom. The van der Waals surface area contributed by atoms with E-state index in [4.69, 9.17) is 5.73 Å². The quantitative estimate of drug-likeness (QED) is 0.906. The second-order valence-electron chi connectivity index (χ2n) is 5.89. The Bertz CT molecular complexity index is 486. The van der Waals surface area contributed by atoms with Crippen LogP contribution in [0, 0.1) is 0 Å². The zero-order valence-corrected chi connectivity index (χ0v) is 13.1. The predicted molar refractivity (Wildman–Crippen MR) is 88.0 cm³/mol. The maximum atomic E-state index is 12.6. The topological polar surface area (TPSA) is 49.6 Å². The molecule has 0 aromatic heterocycles. The molecule has 1 amide bonds. The van der Waals surface area contributed by atoms with Crippen molar-refractivity contribution in [2.45, 2.75) is 31.7 Å². The minimum atomic E-state index is 0. The number of aryl methyl sites for hydroxylation is 1. The summed E-state index contributed by atoms with van der Waals surface area (Å²) in [6, 6.07) is 8.59. The molecule has 0 bridgehead atoms. The van der Waals surface area contributed by atoms with Gasteiger partial charge in [-0.2, -0.15) is 0 Å². The summed E-state index contributed by atoms with van der Waals surface area (Å²) in [5.74, 6) is 0.229. The van der Waals surface area contributed by atoms with Gasteiger partial charge in [0.05, 0.1) is 6.54 Å². The highest BCUT2D eigenvalue weighted by Gasteiger charge is 2.25. The normalized spacial score (nSPS) is 19.8. The summed E-state index contributed by atoms with van der Waals surface area (Å²) in [6.45, 7) is 3.27. The number of nitrogens with two attached hydrogens (primary N) is 1. The lowest BCUT2D eigenvalue weighted by atomic mass is 10.0. The van der Waals surface area contributed by atoms with Crippen molar-refractivity contribution in [2.24, 2.45) is 5.73 Å². The first kappa shape index (κ1) is 16.3. The van der Waals surface area contributed by atoms with Gasteiger partial charge in [0, 0.05) is 31.4 Å². The average molecular weight is 310 g/mol. The van der Waals surface area contributed by atoms with E-state index >= 15 is 0 Å². The van der Waals surface area contributed by atoms with Gasteiger partial charge in [-0.15, -0.1) is 12.4 Å². The van der Waals surface area contributed by atoms with E-state index in [1.54, 1.807) is 0 Å². The molecule has 1 aromatic carbocycles. The number of hydrogen-bond acceptors (Lipinski definition) is 3. The summed E-state index contributed by atoms with van der Waals surface area (Å²) in [4.78, 5) is 16.8. The molecule has 3 rings (SSSR count). The highest BCUT2D eigenvalue weighted by molar-refractivity contribution is 5.95. The van der Waals surface area contributed by atoms with E-state index in [2.05, 4.69) is 23.1 Å². The summed E-state index contributed by atoms with van der Waals surface area (Å²) in [5, 5.41) is 0. The summed E-state index contributed by atoms with van der Waals surface area (Å²) >= 11 is 0. The van der Waals surface area contributed by atoms with Crippen LogP contribution in [0.1, 0.15) is 24.8 Å². The van der Waals surface area contributed by atoms with E-state index in [9.17, 15) is 4.79 Å². The lowest BCUT2D eigenvalue weighted by Crippen LogP contribution is -2.47. The van der Waals surface area contributed by atoms with Gasteiger partial charge >= 0.3 is 0 Å². The summed E-state index contributed by atoms with van der Waals surface area (Å²) in [5.41, 5.74) is 8.32. The molecule has 0 unspecified atom stereocenters. The predicted octanol–water partition coefficient (Wildman–Crippen LogP) is 1.81. The monoisotopic (exact) mass is 309 g/mol. The molecule has 4 nitrogen and oxygen atoms in total. The Morgan fingerprint density at radius 2 is 1.90 bits per heavy atom. The van der Waals surface area contributed by atoms with Crippen molar-refractivity contribution in [2.75, 3.05) is 31.1 Å². The van der Waals surface area contributed by atoms with Crippen LogP contribution in [0.2, 0.25) is 0 Å². The van der Waals surface area contributed by atoms with E-state index in [0.717, 1.165) is 51.0 Å². The number of rotatable bonds is 2. The molecule has 2 heterocycles. The standard InChI is InChI=1S/C16H23N3O.ClH/c17-14-7-10-18(11-8-14)12-16(20)19-9-3-5-13-4-1-2-6-15(13)19;/h1-2,4,6,14H,3,5,7-12,17H2;1H. The summed E-state index contributed by atoms with van der Waals surface area (Å²) < 4.78 is 0. The van der Waals surface area contributed by atoms with Gasteiger partial charge in [0.25, 0.3) is 0 Å². The van der Waals surface area contributed by atoms with Gasteiger partial charge in [0.2, 0.25) is 5.91 Å². The minimum absolute atomic E-state index is 0. The molecular formula is C16H24ClN3O. The Morgan fingerprint density at radius 3 is 2.67 bits per heavy atom. The molecule has 116 valence electrons. The molecule has 0 aliphatic carbocycles. The molecule has 1 saturated heterocycles. The van der Waals surface area contributed by atoms with Gasteiger partial charge in [-0.25, -0.2) is 0 Å². The molecular weight excluding hydrogens is 286 g/mol. The van der Waals surface area contributed by atoms with Gasteiger partial charge in [0.1, 0.15) is 0 Å². The van der Waals surface area contributed by atoms with E-state index in [1.807, 2.05) is 11.0 Å². The van der Waals surface area contributed by atoms with Crippen LogP contribution in [0.25, 0.3) is 0 Å². The van der Waals surface area contributed by atoms with Crippen molar-refractivity contribution in [3.8, 4) is 0 Å². The number of fused-ring (bicyclic) bond motifs is 1. The summed E-state index contributed by atoms with van der Waals surface area (Å²) in [6.07, 6.45) is 4.15. The molecule has 0 saturated carbocycles. The van der Waals surface area contributed by atoms with Crippen molar-refractivity contribution in [1.29, 1.82) is 0 Å². The third-order valence-corrected chi connectivity index (χ3v) is 4.40. The van der Waals surface area contributed by atoms with Crippen molar-refractivity contribution in [3.05, 3.63) is 29.8 Å². The lowest BCUT2D eigenvalue weighted by Gasteiger charge is -2.34. The molecule has 2 aliphatic heterocycles. The molecule has 21 heavy (non-hydrogen) atoms. The van der Waals surface area contributed by atoms with Crippen LogP contribution in [0.5, 0.6) is 0 Å². The van der Waals surface area contributed by atoms with Crippen LogP contribution >= 0.6 is 12.4 Å². The first-order chi connectivity index (χ1) is 9.74. The molecule has 2 aliphatic rings. The lowest BCUT2D eigenvalue weighted by molar-refractivity contribution is -0.120. The molecule has 1 fully saturated rings. The fourth-order valence-electron chi connectivity index (χ4n) is 3.18. The van der Waals surface area contributed by atoms with Gasteiger partial charge in [-0.3, -0.25) is 9.69 Å². The van der Waals surface area contributed by atoms with E-state index in [-0.39, 0.29) is 18.3 Å². The van der Waals surface area contributed by atoms with Crippen molar-refractivity contribution in [3.63, 3.8) is 0 Å². The number of benzene rings is 1. The fraction of sp³-hybridized carbons (Fsp3) is 0.562. The number of carbonyl (C=O) groups is 1. The van der Waals surface area contributed by atoms with Crippen LogP contribution in [0.15, 0.2) is 24.3 Å². The van der Waals surface area contributed by atoms with E-state index in [0.29, 0.717) is 12.6 Å². The van der Waals surface area contributed by atoms with Crippen LogP contribution in [0.3, 0.4) is 0 Å². The first-order valence-corrected chi connectivity index (χ1v) is 7.60. The number of para-hydroxylation sites is 1. The zero-order chi connectivity index (χ0) is 13.9. The second-order valence-corrected chi connectivity index (χ2v) is 5.89. The Kier molecular flexibility index (Phi) is 5.62. The number of hydrogen-bond donors (Lipinski definition) is 1. The first-order valence-electron chi connectivity index (χ1n) is 7.60. The number of piperidine rings is 1. The number of anilines is 1. The molecule has 0 atom stereocenters. The SMILES string of the molecule is Cl.NC1CCN(CC(=O)N2CCCc3ccccc32)CC1. The number of nitrogens with zero attached hydrogens (tertiary/aromatic N) is 2. The maximum Gasteiger partial charge on any atom is 0.241 e. The fourth-order valence-corrected chi connectivity index (χ4v) is 3.18. The molecule has 0 radical (unpaired) electrons. The Labute approximate surface area is 132 Å². The molecule has 5 heteroatoms. The highest BCUT2D eigenvalue weighted by Crippen LogP contribution is 2.26. The van der Waals surface area contributed by atoms with Crippen LogP contribution in [-0.4, -0.2) is 43.0 Å². The van der Waals surface area contributed by atoms with Gasteiger partial charge < -0.3 is 10.6 Å². The molecule has 1 aromatic rings. The van der Waals surface area contributed by atoms with Crippen molar-refractivity contribution >= 4 is 24.0 Å². The number of halogens is 1. The average Bonchev–Trinajstić information content (AvgIpc) is 2.49. The van der Waals surface area contributed by atoms with Gasteiger partial charge in [-0.1, -0.05) is 18.2 Å².